The van der Waals surface area contributed by atoms with Crippen molar-refractivity contribution in [2.24, 2.45) is 0 Å². The zero-order chi connectivity index (χ0) is 20.4. The summed E-state index contributed by atoms with van der Waals surface area (Å²) >= 11 is 0. The van der Waals surface area contributed by atoms with E-state index in [0.717, 1.165) is 16.9 Å². The number of hydrogen-bond donors (Lipinski definition) is 0. The van der Waals surface area contributed by atoms with Gasteiger partial charge in [-0.3, -0.25) is 4.79 Å². The number of halogens is 1. The molecule has 0 radical (unpaired) electrons. The van der Waals surface area contributed by atoms with Crippen LogP contribution in [0.1, 0.15) is 47.5 Å². The third kappa shape index (κ3) is 3.93. The van der Waals surface area contributed by atoms with Crippen LogP contribution in [0.3, 0.4) is 0 Å². The number of amides is 1. The van der Waals surface area contributed by atoms with E-state index in [4.69, 9.17) is 4.74 Å². The SMILES string of the molecule is CC(C)c1c(C(=O)N2CCOC(c3ccccc3)C2)cnn1-c1ccc(F)cc1. The van der Waals surface area contributed by atoms with Crippen LogP contribution >= 0.6 is 0 Å². The maximum absolute atomic E-state index is 13.4. The monoisotopic (exact) mass is 393 g/mol. The molecule has 6 heteroatoms. The molecule has 0 aliphatic carbocycles. The molecule has 0 spiro atoms. The quantitative estimate of drug-likeness (QED) is 0.662. The zero-order valence-electron chi connectivity index (χ0n) is 16.6. The van der Waals surface area contributed by atoms with E-state index < -0.39 is 0 Å². The number of morpholine rings is 1. The highest BCUT2D eigenvalue weighted by Gasteiger charge is 2.29. The lowest BCUT2D eigenvalue weighted by atomic mass is 10.0. The normalized spacial score (nSPS) is 17.0. The van der Waals surface area contributed by atoms with Crippen LogP contribution in [-0.4, -0.2) is 40.3 Å². The molecule has 1 unspecified atom stereocenters. The first-order chi connectivity index (χ1) is 14.0. The van der Waals surface area contributed by atoms with Crippen molar-refractivity contribution in [3.63, 3.8) is 0 Å². The minimum Gasteiger partial charge on any atom is -0.370 e. The largest absolute Gasteiger partial charge is 0.370 e. The summed E-state index contributed by atoms with van der Waals surface area (Å²) in [6.45, 7) is 5.60. The average molecular weight is 393 g/mol. The number of carbonyl (C=O) groups is 1. The summed E-state index contributed by atoms with van der Waals surface area (Å²) in [6, 6.07) is 16.1. The van der Waals surface area contributed by atoms with Crippen LogP contribution in [0.25, 0.3) is 5.69 Å². The van der Waals surface area contributed by atoms with E-state index in [0.29, 0.717) is 25.3 Å². The highest BCUT2D eigenvalue weighted by atomic mass is 19.1. The van der Waals surface area contributed by atoms with Crippen molar-refractivity contribution >= 4 is 5.91 Å². The molecule has 4 rings (SSSR count). The minimum atomic E-state index is -0.302. The number of ether oxygens (including phenoxy) is 1. The van der Waals surface area contributed by atoms with Crippen LogP contribution in [-0.2, 0) is 4.74 Å². The number of carbonyl (C=O) groups excluding carboxylic acids is 1. The molecule has 1 aliphatic rings. The van der Waals surface area contributed by atoms with Crippen molar-refractivity contribution in [2.45, 2.75) is 25.9 Å². The van der Waals surface area contributed by atoms with Crippen LogP contribution in [0.5, 0.6) is 0 Å². The standard InChI is InChI=1S/C23H24FN3O2/c1-16(2)22-20(14-25-27(22)19-10-8-18(24)9-11-19)23(28)26-12-13-29-21(15-26)17-6-4-3-5-7-17/h3-11,14,16,21H,12-13,15H2,1-2H3. The number of nitrogens with zero attached hydrogens (tertiary/aromatic N) is 3. The summed E-state index contributed by atoms with van der Waals surface area (Å²) in [6.07, 6.45) is 1.48. The molecule has 2 heterocycles. The lowest BCUT2D eigenvalue weighted by Crippen LogP contribution is -2.42. The van der Waals surface area contributed by atoms with Crippen molar-refractivity contribution < 1.29 is 13.9 Å². The Morgan fingerprint density at radius 1 is 1.14 bits per heavy atom. The highest BCUT2D eigenvalue weighted by molar-refractivity contribution is 5.95. The Balaban J connectivity index is 1.62. The van der Waals surface area contributed by atoms with Crippen molar-refractivity contribution in [3.05, 3.63) is 83.4 Å². The van der Waals surface area contributed by atoms with Crippen LogP contribution in [0.2, 0.25) is 0 Å². The predicted molar refractivity (Wildman–Crippen MR) is 109 cm³/mol. The first kappa shape index (κ1) is 19.3. The van der Waals surface area contributed by atoms with Gasteiger partial charge in [0.05, 0.1) is 36.3 Å². The van der Waals surface area contributed by atoms with Gasteiger partial charge in [0.1, 0.15) is 11.9 Å². The third-order valence-corrected chi connectivity index (χ3v) is 5.18. The molecule has 0 N–H and O–H groups in total. The molecule has 1 aromatic heterocycles. The second-order valence-corrected chi connectivity index (χ2v) is 7.51. The highest BCUT2D eigenvalue weighted by Crippen LogP contribution is 2.27. The van der Waals surface area contributed by atoms with Gasteiger partial charge < -0.3 is 9.64 Å². The van der Waals surface area contributed by atoms with E-state index in [1.54, 1.807) is 23.0 Å². The Labute approximate surface area is 169 Å². The number of aromatic nitrogens is 2. The fourth-order valence-electron chi connectivity index (χ4n) is 3.74. The molecule has 0 saturated carbocycles. The second-order valence-electron chi connectivity index (χ2n) is 7.51. The zero-order valence-corrected chi connectivity index (χ0v) is 16.6. The van der Waals surface area contributed by atoms with E-state index in [1.165, 1.54) is 12.1 Å². The molecule has 150 valence electrons. The van der Waals surface area contributed by atoms with Crippen LogP contribution < -0.4 is 0 Å². The van der Waals surface area contributed by atoms with E-state index >= 15 is 0 Å². The minimum absolute atomic E-state index is 0.0497. The molecule has 5 nitrogen and oxygen atoms in total. The summed E-state index contributed by atoms with van der Waals surface area (Å²) < 4.78 is 20.9. The summed E-state index contributed by atoms with van der Waals surface area (Å²) in [5.74, 6) is -0.276. The van der Waals surface area contributed by atoms with Gasteiger partial charge in [-0.2, -0.15) is 5.10 Å². The molecule has 2 aromatic carbocycles. The fraction of sp³-hybridized carbons (Fsp3) is 0.304. The van der Waals surface area contributed by atoms with Crippen molar-refractivity contribution in [2.75, 3.05) is 19.7 Å². The molecular formula is C23H24FN3O2. The molecular weight excluding hydrogens is 369 g/mol. The fourth-order valence-corrected chi connectivity index (χ4v) is 3.74. The Morgan fingerprint density at radius 3 is 2.55 bits per heavy atom. The van der Waals surface area contributed by atoms with Gasteiger partial charge in [0.25, 0.3) is 5.91 Å². The van der Waals surface area contributed by atoms with Crippen molar-refractivity contribution in [1.29, 1.82) is 0 Å². The Hall–Kier alpha value is -2.99. The molecule has 0 bridgehead atoms. The smallest absolute Gasteiger partial charge is 0.257 e. The van der Waals surface area contributed by atoms with Gasteiger partial charge in [-0.1, -0.05) is 44.2 Å². The first-order valence-corrected chi connectivity index (χ1v) is 9.84. The third-order valence-electron chi connectivity index (χ3n) is 5.18. The Bertz CT molecular complexity index is 983. The number of hydrogen-bond acceptors (Lipinski definition) is 3. The van der Waals surface area contributed by atoms with Crippen LogP contribution in [0, 0.1) is 5.82 Å². The molecule has 1 aliphatic heterocycles. The van der Waals surface area contributed by atoms with Gasteiger partial charge in [0.2, 0.25) is 0 Å². The van der Waals surface area contributed by atoms with Gasteiger partial charge in [0, 0.05) is 6.54 Å². The maximum atomic E-state index is 13.4. The maximum Gasteiger partial charge on any atom is 0.257 e. The van der Waals surface area contributed by atoms with E-state index in [1.807, 2.05) is 49.1 Å². The van der Waals surface area contributed by atoms with Crippen LogP contribution in [0.4, 0.5) is 4.39 Å². The van der Waals surface area contributed by atoms with Gasteiger partial charge in [0.15, 0.2) is 0 Å². The van der Waals surface area contributed by atoms with Gasteiger partial charge >= 0.3 is 0 Å². The molecule has 1 fully saturated rings. The molecule has 1 saturated heterocycles. The topological polar surface area (TPSA) is 47.4 Å². The Kier molecular flexibility index (Phi) is 5.45. The lowest BCUT2D eigenvalue weighted by molar-refractivity contribution is -0.0228. The van der Waals surface area contributed by atoms with Gasteiger partial charge in [-0.15, -0.1) is 0 Å². The first-order valence-electron chi connectivity index (χ1n) is 9.84. The van der Waals surface area contributed by atoms with Gasteiger partial charge in [-0.25, -0.2) is 9.07 Å². The van der Waals surface area contributed by atoms with E-state index in [9.17, 15) is 9.18 Å². The Morgan fingerprint density at radius 2 is 1.86 bits per heavy atom. The lowest BCUT2D eigenvalue weighted by Gasteiger charge is -2.33. The van der Waals surface area contributed by atoms with Gasteiger partial charge in [-0.05, 0) is 35.7 Å². The summed E-state index contributed by atoms with van der Waals surface area (Å²) in [5, 5.41) is 4.45. The van der Waals surface area contributed by atoms with Crippen molar-refractivity contribution in [3.8, 4) is 5.69 Å². The average Bonchev–Trinajstić information content (AvgIpc) is 3.20. The molecule has 3 aromatic rings. The molecule has 1 atom stereocenters. The van der Waals surface area contributed by atoms with Crippen LogP contribution in [0.15, 0.2) is 60.8 Å². The van der Waals surface area contributed by atoms with E-state index in [2.05, 4.69) is 5.10 Å². The van der Waals surface area contributed by atoms with Crippen molar-refractivity contribution in [1.82, 2.24) is 14.7 Å². The molecule has 1 amide bonds. The van der Waals surface area contributed by atoms with E-state index in [-0.39, 0.29) is 23.7 Å². The summed E-state index contributed by atoms with van der Waals surface area (Å²) in [5.41, 5.74) is 3.21. The summed E-state index contributed by atoms with van der Waals surface area (Å²) in [4.78, 5) is 15.2. The number of benzene rings is 2. The predicted octanol–water partition coefficient (Wildman–Crippen LogP) is 4.35. The summed E-state index contributed by atoms with van der Waals surface area (Å²) in [7, 11) is 0. The number of rotatable bonds is 4. The molecule has 29 heavy (non-hydrogen) atoms. The second kappa shape index (κ2) is 8.17.